The Morgan fingerprint density at radius 1 is 1.30 bits per heavy atom. The summed E-state index contributed by atoms with van der Waals surface area (Å²) in [5.41, 5.74) is 7.20. The number of ether oxygens (including phenoxy) is 1. The number of hydrogen-bond donors (Lipinski definition) is 2. The van der Waals surface area contributed by atoms with Gasteiger partial charge in [0.25, 0.3) is 5.91 Å². The lowest BCUT2D eigenvalue weighted by molar-refractivity contribution is 0.0850. The van der Waals surface area contributed by atoms with E-state index in [2.05, 4.69) is 4.98 Å². The van der Waals surface area contributed by atoms with Gasteiger partial charge in [0.05, 0.1) is 5.69 Å². The fraction of sp³-hybridized carbons (Fsp3) is 0.421. The molecule has 2 heterocycles. The number of imidazole rings is 1. The average molecular weight is 371 g/mol. The van der Waals surface area contributed by atoms with Crippen molar-refractivity contribution >= 4 is 12.0 Å². The molecule has 27 heavy (non-hydrogen) atoms. The molecule has 1 unspecified atom stereocenters. The third-order valence-corrected chi connectivity index (χ3v) is 4.83. The number of primary amides is 1. The number of carbonyl (C=O) groups excluding carboxylic acids is 2. The van der Waals surface area contributed by atoms with E-state index in [9.17, 15) is 9.59 Å². The molecule has 1 atom stereocenters. The van der Waals surface area contributed by atoms with Gasteiger partial charge in [0, 0.05) is 19.0 Å². The van der Waals surface area contributed by atoms with Crippen LogP contribution in [-0.4, -0.2) is 39.6 Å². The number of carbonyl (C=O) groups is 2. The Kier molecular flexibility index (Phi) is 5.63. The molecule has 8 nitrogen and oxygen atoms in total. The molecule has 1 aromatic heterocycles. The first-order valence-electron chi connectivity index (χ1n) is 9.13. The molecule has 2 aromatic rings. The van der Waals surface area contributed by atoms with Gasteiger partial charge in [-0.05, 0) is 24.8 Å². The summed E-state index contributed by atoms with van der Waals surface area (Å²) < 4.78 is 6.71. The Labute approximate surface area is 158 Å². The highest BCUT2D eigenvalue weighted by molar-refractivity contribution is 5.92. The molecule has 0 aliphatic carbocycles. The summed E-state index contributed by atoms with van der Waals surface area (Å²) >= 11 is 0. The lowest BCUT2D eigenvalue weighted by atomic mass is 9.97. The van der Waals surface area contributed by atoms with Crippen LogP contribution in [0, 0.1) is 0 Å². The lowest BCUT2D eigenvalue weighted by Crippen LogP contribution is -2.40. The van der Waals surface area contributed by atoms with Crippen LogP contribution in [0.15, 0.2) is 30.3 Å². The van der Waals surface area contributed by atoms with Crippen LogP contribution in [-0.2, 0) is 17.8 Å². The van der Waals surface area contributed by atoms with Gasteiger partial charge in [-0.1, -0.05) is 37.3 Å². The van der Waals surface area contributed by atoms with E-state index in [1.54, 1.807) is 4.90 Å². The summed E-state index contributed by atoms with van der Waals surface area (Å²) in [5, 5.41) is 0. The first-order chi connectivity index (χ1) is 13.0. The van der Waals surface area contributed by atoms with Crippen LogP contribution in [0.3, 0.4) is 0 Å². The second kappa shape index (κ2) is 8.11. The van der Waals surface area contributed by atoms with Gasteiger partial charge < -0.3 is 21.2 Å². The quantitative estimate of drug-likeness (QED) is 0.777. The smallest absolute Gasteiger partial charge is 0.410 e. The van der Waals surface area contributed by atoms with Crippen LogP contribution in [0.5, 0.6) is 0 Å². The molecule has 4 N–H and O–H groups in total. The predicted molar refractivity (Wildman–Crippen MR) is 100 cm³/mol. The number of amides is 2. The van der Waals surface area contributed by atoms with E-state index in [0.717, 1.165) is 18.4 Å². The highest BCUT2D eigenvalue weighted by Crippen LogP contribution is 2.27. The van der Waals surface area contributed by atoms with Crippen LogP contribution in [0.4, 0.5) is 4.79 Å². The molecule has 2 amide bonds. The number of benzene rings is 1. The molecule has 0 saturated carbocycles. The second-order valence-electron chi connectivity index (χ2n) is 6.68. The van der Waals surface area contributed by atoms with Gasteiger partial charge >= 0.3 is 6.09 Å². The van der Waals surface area contributed by atoms with E-state index in [-0.39, 0.29) is 24.3 Å². The van der Waals surface area contributed by atoms with E-state index in [1.807, 2.05) is 37.3 Å². The average Bonchev–Trinajstić information content (AvgIpc) is 3.03. The van der Waals surface area contributed by atoms with E-state index in [4.69, 9.17) is 16.3 Å². The van der Waals surface area contributed by atoms with Gasteiger partial charge in [-0.15, -0.1) is 0 Å². The van der Waals surface area contributed by atoms with E-state index in [0.29, 0.717) is 31.0 Å². The minimum atomic E-state index is -0.594. The number of hydrogen-bond acceptors (Lipinski definition) is 5. The minimum absolute atomic E-state index is 0.0635. The molecular weight excluding hydrogens is 346 g/mol. The Morgan fingerprint density at radius 3 is 2.67 bits per heavy atom. The maximum absolute atomic E-state index is 12.4. The summed E-state index contributed by atoms with van der Waals surface area (Å²) in [6.07, 6.45) is 1.85. The Hall–Kier alpha value is -3.03. The van der Waals surface area contributed by atoms with Crippen LogP contribution in [0.1, 0.15) is 53.3 Å². The van der Waals surface area contributed by atoms with Crippen molar-refractivity contribution in [2.75, 3.05) is 18.9 Å². The molecule has 1 aliphatic rings. The maximum Gasteiger partial charge on any atom is 0.410 e. The Morgan fingerprint density at radius 2 is 2.04 bits per heavy atom. The minimum Gasteiger partial charge on any atom is -0.445 e. The monoisotopic (exact) mass is 371 g/mol. The van der Waals surface area contributed by atoms with Crippen molar-refractivity contribution in [2.24, 2.45) is 5.73 Å². The second-order valence-corrected chi connectivity index (χ2v) is 6.68. The van der Waals surface area contributed by atoms with Crippen molar-refractivity contribution < 1.29 is 14.3 Å². The predicted octanol–water partition coefficient (Wildman–Crippen LogP) is 1.77. The van der Waals surface area contributed by atoms with Crippen LogP contribution < -0.4 is 11.6 Å². The third kappa shape index (κ3) is 4.05. The maximum atomic E-state index is 12.4. The summed E-state index contributed by atoms with van der Waals surface area (Å²) in [5.74, 6) is 6.01. The fourth-order valence-electron chi connectivity index (χ4n) is 3.46. The molecule has 1 saturated heterocycles. The number of likely N-dealkylation sites (tertiary alicyclic amines) is 1. The van der Waals surface area contributed by atoms with Crippen LogP contribution >= 0.6 is 0 Å². The zero-order chi connectivity index (χ0) is 19.4. The molecule has 1 aliphatic heterocycles. The number of nitrogens with zero attached hydrogens (tertiary/aromatic N) is 3. The van der Waals surface area contributed by atoms with E-state index < -0.39 is 5.91 Å². The molecule has 8 heteroatoms. The molecular formula is C19H25N5O3. The largest absolute Gasteiger partial charge is 0.445 e. The number of rotatable bonds is 5. The number of nitrogens with two attached hydrogens (primary N) is 2. The zero-order valence-electron chi connectivity index (χ0n) is 15.4. The van der Waals surface area contributed by atoms with E-state index in [1.165, 1.54) is 4.68 Å². The van der Waals surface area contributed by atoms with Gasteiger partial charge in [0.2, 0.25) is 0 Å². The van der Waals surface area contributed by atoms with E-state index >= 15 is 0 Å². The first-order valence-corrected chi connectivity index (χ1v) is 9.13. The van der Waals surface area contributed by atoms with Crippen molar-refractivity contribution in [3.63, 3.8) is 0 Å². The van der Waals surface area contributed by atoms with Gasteiger partial charge in [0.15, 0.2) is 0 Å². The summed E-state index contributed by atoms with van der Waals surface area (Å²) in [7, 11) is 0. The summed E-state index contributed by atoms with van der Waals surface area (Å²) in [4.78, 5) is 30.3. The SMILES string of the molecule is CCc1nc(C2CCCN(C(=O)OCc3ccccc3)C2)n(N)c1C(N)=O. The van der Waals surface area contributed by atoms with Gasteiger partial charge in [-0.2, -0.15) is 0 Å². The summed E-state index contributed by atoms with van der Waals surface area (Å²) in [6.45, 7) is 3.20. The zero-order valence-corrected chi connectivity index (χ0v) is 15.4. The topological polar surface area (TPSA) is 116 Å². The highest BCUT2D eigenvalue weighted by atomic mass is 16.6. The van der Waals surface area contributed by atoms with Crippen molar-refractivity contribution in [3.05, 3.63) is 53.1 Å². The number of piperidine rings is 1. The van der Waals surface area contributed by atoms with Crippen molar-refractivity contribution in [3.8, 4) is 0 Å². The fourth-order valence-corrected chi connectivity index (χ4v) is 3.46. The van der Waals surface area contributed by atoms with Crippen molar-refractivity contribution in [1.82, 2.24) is 14.6 Å². The molecule has 3 rings (SSSR count). The van der Waals surface area contributed by atoms with Crippen LogP contribution in [0.2, 0.25) is 0 Å². The van der Waals surface area contributed by atoms with Gasteiger partial charge in [0.1, 0.15) is 18.1 Å². The number of aromatic nitrogens is 2. The summed E-state index contributed by atoms with van der Waals surface area (Å²) in [6, 6.07) is 9.55. The molecule has 144 valence electrons. The molecule has 0 spiro atoms. The third-order valence-electron chi connectivity index (χ3n) is 4.83. The van der Waals surface area contributed by atoms with Crippen molar-refractivity contribution in [2.45, 2.75) is 38.7 Å². The lowest BCUT2D eigenvalue weighted by Gasteiger charge is -2.31. The standard InChI is InChI=1S/C19H25N5O3/c1-2-15-16(17(20)25)24(21)18(22-15)14-9-6-10-23(11-14)19(26)27-12-13-7-4-3-5-8-13/h3-5,7-8,14H,2,6,9-12,21H2,1H3,(H2,20,25). The first kappa shape index (κ1) is 18.8. The van der Waals surface area contributed by atoms with Crippen LogP contribution in [0.25, 0.3) is 0 Å². The number of aryl methyl sites for hydroxylation is 1. The van der Waals surface area contributed by atoms with Crippen molar-refractivity contribution in [1.29, 1.82) is 0 Å². The molecule has 1 fully saturated rings. The van der Waals surface area contributed by atoms with Gasteiger partial charge in [-0.25, -0.2) is 14.5 Å². The Balaban J connectivity index is 1.69. The normalized spacial score (nSPS) is 16.9. The molecule has 1 aromatic carbocycles. The highest BCUT2D eigenvalue weighted by Gasteiger charge is 2.31. The number of nitrogen functional groups attached to an aromatic ring is 1. The molecule has 0 bridgehead atoms. The van der Waals surface area contributed by atoms with Gasteiger partial charge in [-0.3, -0.25) is 4.79 Å². The Bertz CT molecular complexity index is 818. The molecule has 0 radical (unpaired) electrons.